The third-order valence-electron chi connectivity index (χ3n) is 3.04. The zero-order chi connectivity index (χ0) is 11.3. The first-order valence-electron chi connectivity index (χ1n) is 6.03. The van der Waals surface area contributed by atoms with Crippen molar-refractivity contribution in [1.82, 2.24) is 4.90 Å². The van der Waals surface area contributed by atoms with Gasteiger partial charge in [-0.15, -0.1) is 0 Å². The molecule has 0 spiro atoms. The van der Waals surface area contributed by atoms with Crippen molar-refractivity contribution in [2.45, 2.75) is 46.1 Å². The van der Waals surface area contributed by atoms with Crippen LogP contribution in [0, 0.1) is 5.92 Å². The summed E-state index contributed by atoms with van der Waals surface area (Å²) in [5.74, 6) is 0.466. The molecule has 3 nitrogen and oxygen atoms in total. The standard InChI is InChI=1S/C12H23NO2/c1-4-15-12(14)8-11-6-5-7-13(9-11)10(2)3/h10-11H,4-9H2,1-3H3. The summed E-state index contributed by atoms with van der Waals surface area (Å²) in [6.07, 6.45) is 2.97. The molecule has 0 amide bonds. The highest BCUT2D eigenvalue weighted by Gasteiger charge is 2.23. The molecule has 1 saturated heterocycles. The lowest BCUT2D eigenvalue weighted by molar-refractivity contribution is -0.144. The van der Waals surface area contributed by atoms with Gasteiger partial charge in [0.05, 0.1) is 6.61 Å². The number of hydrogen-bond donors (Lipinski definition) is 0. The van der Waals surface area contributed by atoms with Gasteiger partial charge in [0.2, 0.25) is 0 Å². The number of likely N-dealkylation sites (tertiary alicyclic amines) is 1. The smallest absolute Gasteiger partial charge is 0.306 e. The van der Waals surface area contributed by atoms with Crippen LogP contribution in [0.15, 0.2) is 0 Å². The van der Waals surface area contributed by atoms with E-state index in [0.29, 0.717) is 25.0 Å². The SMILES string of the molecule is CCOC(=O)CC1CCCN(C(C)C)C1. The van der Waals surface area contributed by atoms with Crippen LogP contribution in [0.3, 0.4) is 0 Å². The van der Waals surface area contributed by atoms with Gasteiger partial charge in [-0.2, -0.15) is 0 Å². The molecule has 0 aromatic rings. The minimum absolute atomic E-state index is 0.0342. The van der Waals surface area contributed by atoms with Gasteiger partial charge in [-0.25, -0.2) is 0 Å². The van der Waals surface area contributed by atoms with Crippen molar-refractivity contribution >= 4 is 5.97 Å². The quantitative estimate of drug-likeness (QED) is 0.669. The zero-order valence-corrected chi connectivity index (χ0v) is 10.2. The third kappa shape index (κ3) is 4.20. The van der Waals surface area contributed by atoms with Crippen LogP contribution in [0.5, 0.6) is 0 Å². The van der Waals surface area contributed by atoms with Gasteiger partial charge in [0.25, 0.3) is 0 Å². The number of piperidine rings is 1. The van der Waals surface area contributed by atoms with Crippen LogP contribution in [-0.4, -0.2) is 36.6 Å². The normalized spacial score (nSPS) is 23.1. The molecule has 3 heteroatoms. The number of nitrogens with zero attached hydrogens (tertiary/aromatic N) is 1. The summed E-state index contributed by atoms with van der Waals surface area (Å²) in [7, 11) is 0. The predicted octanol–water partition coefficient (Wildman–Crippen LogP) is 2.06. The molecule has 0 aliphatic carbocycles. The van der Waals surface area contributed by atoms with Gasteiger partial charge < -0.3 is 9.64 Å². The maximum Gasteiger partial charge on any atom is 0.306 e. The van der Waals surface area contributed by atoms with E-state index in [1.165, 1.54) is 19.4 Å². The number of carbonyl (C=O) groups is 1. The highest BCUT2D eigenvalue weighted by atomic mass is 16.5. The van der Waals surface area contributed by atoms with Gasteiger partial charge in [0, 0.05) is 19.0 Å². The van der Waals surface area contributed by atoms with E-state index in [2.05, 4.69) is 18.7 Å². The molecule has 1 rings (SSSR count). The molecule has 1 heterocycles. The van der Waals surface area contributed by atoms with Crippen LogP contribution in [0.4, 0.5) is 0 Å². The Bertz CT molecular complexity index is 204. The second kappa shape index (κ2) is 6.11. The Hall–Kier alpha value is -0.570. The molecule has 0 aromatic heterocycles. The Kier molecular flexibility index (Phi) is 5.09. The average molecular weight is 213 g/mol. The molecule has 1 unspecified atom stereocenters. The summed E-state index contributed by atoms with van der Waals surface area (Å²) in [5.41, 5.74) is 0. The van der Waals surface area contributed by atoms with Gasteiger partial charge >= 0.3 is 5.97 Å². The minimum Gasteiger partial charge on any atom is -0.466 e. The fourth-order valence-electron chi connectivity index (χ4n) is 2.19. The van der Waals surface area contributed by atoms with Crippen molar-refractivity contribution in [1.29, 1.82) is 0 Å². The Morgan fingerprint density at radius 1 is 1.53 bits per heavy atom. The van der Waals surface area contributed by atoms with E-state index in [4.69, 9.17) is 4.74 Å². The van der Waals surface area contributed by atoms with Gasteiger partial charge in [0.1, 0.15) is 0 Å². The lowest BCUT2D eigenvalue weighted by Gasteiger charge is -2.35. The van der Waals surface area contributed by atoms with Gasteiger partial charge in [-0.05, 0) is 46.1 Å². The minimum atomic E-state index is -0.0342. The van der Waals surface area contributed by atoms with E-state index < -0.39 is 0 Å². The molecule has 1 aliphatic heterocycles. The molecule has 1 aliphatic rings. The zero-order valence-electron chi connectivity index (χ0n) is 10.2. The lowest BCUT2D eigenvalue weighted by Crippen LogP contribution is -2.40. The second-order valence-corrected chi connectivity index (χ2v) is 4.61. The Morgan fingerprint density at radius 3 is 2.87 bits per heavy atom. The number of carbonyl (C=O) groups excluding carboxylic acids is 1. The predicted molar refractivity (Wildman–Crippen MR) is 60.7 cm³/mol. The number of hydrogen-bond acceptors (Lipinski definition) is 3. The van der Waals surface area contributed by atoms with E-state index in [-0.39, 0.29) is 5.97 Å². The van der Waals surface area contributed by atoms with E-state index in [1.54, 1.807) is 0 Å². The number of esters is 1. The molecule has 88 valence electrons. The van der Waals surface area contributed by atoms with Gasteiger partial charge in [0.15, 0.2) is 0 Å². The van der Waals surface area contributed by atoms with Crippen LogP contribution >= 0.6 is 0 Å². The van der Waals surface area contributed by atoms with Crippen LogP contribution in [-0.2, 0) is 9.53 Å². The molecule has 0 N–H and O–H groups in total. The van der Waals surface area contributed by atoms with E-state index in [0.717, 1.165) is 6.54 Å². The van der Waals surface area contributed by atoms with E-state index in [9.17, 15) is 4.79 Å². The summed E-state index contributed by atoms with van der Waals surface area (Å²) in [6, 6.07) is 0.593. The van der Waals surface area contributed by atoms with Gasteiger partial charge in [-0.3, -0.25) is 4.79 Å². The maximum atomic E-state index is 11.3. The number of rotatable bonds is 4. The summed E-state index contributed by atoms with van der Waals surface area (Å²) in [4.78, 5) is 13.8. The maximum absolute atomic E-state index is 11.3. The molecular weight excluding hydrogens is 190 g/mol. The first-order chi connectivity index (χ1) is 7.13. The molecule has 0 radical (unpaired) electrons. The highest BCUT2D eigenvalue weighted by molar-refractivity contribution is 5.69. The summed E-state index contributed by atoms with van der Waals surface area (Å²) < 4.78 is 4.98. The Morgan fingerprint density at radius 2 is 2.27 bits per heavy atom. The Labute approximate surface area is 92.8 Å². The molecule has 0 bridgehead atoms. The first-order valence-corrected chi connectivity index (χ1v) is 6.03. The van der Waals surface area contributed by atoms with Gasteiger partial charge in [-0.1, -0.05) is 0 Å². The fraction of sp³-hybridized carbons (Fsp3) is 0.917. The molecule has 1 fully saturated rings. The largest absolute Gasteiger partial charge is 0.466 e. The molecular formula is C12H23NO2. The topological polar surface area (TPSA) is 29.5 Å². The van der Waals surface area contributed by atoms with Crippen molar-refractivity contribution in [3.05, 3.63) is 0 Å². The summed E-state index contributed by atoms with van der Waals surface area (Å²) >= 11 is 0. The highest BCUT2D eigenvalue weighted by Crippen LogP contribution is 2.21. The Balaban J connectivity index is 2.33. The van der Waals surface area contributed by atoms with Crippen molar-refractivity contribution in [2.75, 3.05) is 19.7 Å². The number of ether oxygens (including phenoxy) is 1. The first kappa shape index (κ1) is 12.5. The van der Waals surface area contributed by atoms with Crippen molar-refractivity contribution in [3.8, 4) is 0 Å². The van der Waals surface area contributed by atoms with Crippen LogP contribution < -0.4 is 0 Å². The van der Waals surface area contributed by atoms with Crippen LogP contribution in [0.2, 0.25) is 0 Å². The van der Waals surface area contributed by atoms with Crippen molar-refractivity contribution in [3.63, 3.8) is 0 Å². The summed E-state index contributed by atoms with van der Waals surface area (Å²) in [6.45, 7) is 9.02. The third-order valence-corrected chi connectivity index (χ3v) is 3.04. The van der Waals surface area contributed by atoms with Crippen LogP contribution in [0.25, 0.3) is 0 Å². The molecule has 15 heavy (non-hydrogen) atoms. The van der Waals surface area contributed by atoms with Crippen molar-refractivity contribution in [2.24, 2.45) is 5.92 Å². The van der Waals surface area contributed by atoms with Crippen molar-refractivity contribution < 1.29 is 9.53 Å². The van der Waals surface area contributed by atoms with E-state index >= 15 is 0 Å². The lowest BCUT2D eigenvalue weighted by atomic mass is 9.94. The second-order valence-electron chi connectivity index (χ2n) is 4.61. The fourth-order valence-corrected chi connectivity index (χ4v) is 2.19. The van der Waals surface area contributed by atoms with Crippen LogP contribution in [0.1, 0.15) is 40.0 Å². The van der Waals surface area contributed by atoms with E-state index in [1.807, 2.05) is 6.92 Å². The average Bonchev–Trinajstić information content (AvgIpc) is 2.18. The molecule has 1 atom stereocenters. The molecule has 0 aromatic carbocycles. The monoisotopic (exact) mass is 213 g/mol. The molecule has 0 saturated carbocycles. The summed E-state index contributed by atoms with van der Waals surface area (Å²) in [5, 5.41) is 0.